The maximum absolute atomic E-state index is 11.0. The molecule has 2 aromatic carbocycles. The smallest absolute Gasteiger partial charge is 0.210 e. The van der Waals surface area contributed by atoms with E-state index in [1.165, 1.54) is 27.7 Å². The lowest BCUT2D eigenvalue weighted by atomic mass is 9.80. The van der Waals surface area contributed by atoms with Gasteiger partial charge in [-0.15, -0.1) is 0 Å². The molecule has 24 heavy (non-hydrogen) atoms. The van der Waals surface area contributed by atoms with Crippen molar-refractivity contribution in [3.63, 3.8) is 0 Å². The molecule has 0 bridgehead atoms. The van der Waals surface area contributed by atoms with Gasteiger partial charge in [-0.25, -0.2) is 0 Å². The lowest BCUT2D eigenvalue weighted by Crippen LogP contribution is -2.26. The Kier molecular flexibility index (Phi) is 4.91. The van der Waals surface area contributed by atoms with Crippen LogP contribution in [0, 0.1) is 0 Å². The van der Waals surface area contributed by atoms with Gasteiger partial charge in [0, 0.05) is 31.4 Å². The van der Waals surface area contributed by atoms with Gasteiger partial charge < -0.3 is 0 Å². The first-order valence-corrected chi connectivity index (χ1v) is 9.54. The van der Waals surface area contributed by atoms with Crippen molar-refractivity contribution < 1.29 is 9.37 Å². The Morgan fingerprint density at radius 1 is 1.08 bits per heavy atom. The van der Waals surface area contributed by atoms with Gasteiger partial charge >= 0.3 is 0 Å². The fourth-order valence-corrected chi connectivity index (χ4v) is 4.12. The standard InChI is InChI=1S/C21H25BrNO/c1-15-21(2,3)20-17-10-7-6-9-16(17)12-13-18(20)23(15)14-8-4-5-11-19(22)24/h6-7,9-10,12-13H,4-5,8,11,14H2,1-3H3/q+1. The van der Waals surface area contributed by atoms with Crippen molar-refractivity contribution in [1.82, 2.24) is 0 Å². The molecule has 0 radical (unpaired) electrons. The summed E-state index contributed by atoms with van der Waals surface area (Å²) in [6.07, 6.45) is 3.80. The molecule has 0 aromatic heterocycles. The van der Waals surface area contributed by atoms with Gasteiger partial charge in [-0.2, -0.15) is 4.58 Å². The highest BCUT2D eigenvalue weighted by molar-refractivity contribution is 9.18. The Labute approximate surface area is 152 Å². The fraction of sp³-hybridized carbons (Fsp3) is 0.429. The molecule has 3 heteroatoms. The second kappa shape index (κ2) is 6.79. The number of hydrogen-bond acceptors (Lipinski definition) is 1. The highest BCUT2D eigenvalue weighted by Gasteiger charge is 2.43. The van der Waals surface area contributed by atoms with Crippen LogP contribution in [0.1, 0.15) is 52.0 Å². The monoisotopic (exact) mass is 386 g/mol. The zero-order chi connectivity index (χ0) is 17.3. The number of carbonyl (C=O) groups excluding carboxylic acids is 1. The van der Waals surface area contributed by atoms with Gasteiger partial charge in [0.25, 0.3) is 0 Å². The summed E-state index contributed by atoms with van der Waals surface area (Å²) in [5.74, 6) is 0. The Bertz CT molecular complexity index is 820. The molecule has 0 unspecified atom stereocenters. The van der Waals surface area contributed by atoms with E-state index >= 15 is 0 Å². The van der Waals surface area contributed by atoms with Crippen LogP contribution in [0.25, 0.3) is 10.8 Å². The normalized spacial score (nSPS) is 15.8. The minimum atomic E-state index is 0.0576. The molecule has 0 spiro atoms. The first-order valence-electron chi connectivity index (χ1n) is 8.75. The average molecular weight is 387 g/mol. The maximum Gasteiger partial charge on any atom is 0.210 e. The van der Waals surface area contributed by atoms with Crippen LogP contribution in [-0.4, -0.2) is 21.5 Å². The molecule has 1 heterocycles. The minimum absolute atomic E-state index is 0.0576. The summed E-state index contributed by atoms with van der Waals surface area (Å²) < 4.78 is 2.60. The van der Waals surface area contributed by atoms with Crippen LogP contribution in [0.3, 0.4) is 0 Å². The molecule has 0 atom stereocenters. The van der Waals surface area contributed by atoms with Crippen molar-refractivity contribution in [3.05, 3.63) is 42.0 Å². The largest absolute Gasteiger partial charge is 0.287 e. The number of benzene rings is 2. The van der Waals surface area contributed by atoms with E-state index in [1.807, 2.05) is 0 Å². The number of hydrogen-bond donors (Lipinski definition) is 0. The zero-order valence-electron chi connectivity index (χ0n) is 14.7. The van der Waals surface area contributed by atoms with Crippen molar-refractivity contribution >= 4 is 42.8 Å². The lowest BCUT2D eigenvalue weighted by Gasteiger charge is -2.17. The van der Waals surface area contributed by atoms with Crippen molar-refractivity contribution in [2.24, 2.45) is 0 Å². The van der Waals surface area contributed by atoms with Crippen LogP contribution in [-0.2, 0) is 10.2 Å². The highest BCUT2D eigenvalue weighted by atomic mass is 79.9. The molecule has 126 valence electrons. The van der Waals surface area contributed by atoms with E-state index in [1.54, 1.807) is 0 Å². The lowest BCUT2D eigenvalue weighted by molar-refractivity contribution is -0.439. The molecule has 0 saturated heterocycles. The molecule has 1 aliphatic rings. The van der Waals surface area contributed by atoms with E-state index < -0.39 is 0 Å². The van der Waals surface area contributed by atoms with E-state index in [2.05, 4.69) is 77.7 Å². The highest BCUT2D eigenvalue weighted by Crippen LogP contribution is 2.43. The van der Waals surface area contributed by atoms with Gasteiger partial charge in [0.2, 0.25) is 5.69 Å². The van der Waals surface area contributed by atoms with Gasteiger partial charge in [-0.05, 0) is 59.5 Å². The van der Waals surface area contributed by atoms with Crippen LogP contribution < -0.4 is 0 Å². The molecule has 2 aromatic rings. The quantitative estimate of drug-likeness (QED) is 0.353. The van der Waals surface area contributed by atoms with Crippen molar-refractivity contribution in [3.8, 4) is 0 Å². The second-order valence-electron chi connectivity index (χ2n) is 7.21. The number of fused-ring (bicyclic) bond motifs is 3. The number of nitrogens with zero attached hydrogens (tertiary/aromatic N) is 1. The van der Waals surface area contributed by atoms with Gasteiger partial charge in [0.15, 0.2) is 10.4 Å². The van der Waals surface area contributed by atoms with E-state index in [-0.39, 0.29) is 10.1 Å². The topological polar surface area (TPSA) is 20.1 Å². The van der Waals surface area contributed by atoms with E-state index in [4.69, 9.17) is 0 Å². The van der Waals surface area contributed by atoms with Crippen molar-refractivity contribution in [2.75, 3.05) is 6.54 Å². The molecule has 0 fully saturated rings. The number of unbranched alkanes of at least 4 members (excludes halogenated alkanes) is 2. The van der Waals surface area contributed by atoms with Gasteiger partial charge in [0.05, 0.1) is 5.41 Å². The van der Waals surface area contributed by atoms with Crippen molar-refractivity contribution in [1.29, 1.82) is 0 Å². The molecule has 1 aliphatic heterocycles. The Balaban J connectivity index is 1.88. The number of halogens is 1. The summed E-state index contributed by atoms with van der Waals surface area (Å²) in [5.41, 5.74) is 4.29. The molecule has 0 amide bonds. The fourth-order valence-electron chi connectivity index (χ4n) is 3.84. The van der Waals surface area contributed by atoms with Crippen LogP contribution >= 0.6 is 15.9 Å². The molecule has 0 aliphatic carbocycles. The molecular weight excluding hydrogens is 362 g/mol. The van der Waals surface area contributed by atoms with Crippen LogP contribution in [0.4, 0.5) is 5.69 Å². The third-order valence-corrected chi connectivity index (χ3v) is 5.78. The van der Waals surface area contributed by atoms with E-state index in [0.717, 1.165) is 25.8 Å². The summed E-state index contributed by atoms with van der Waals surface area (Å²) in [6, 6.07) is 13.2. The summed E-state index contributed by atoms with van der Waals surface area (Å²) in [5, 5.41) is 2.68. The average Bonchev–Trinajstić information content (AvgIpc) is 2.75. The Morgan fingerprint density at radius 3 is 2.58 bits per heavy atom. The van der Waals surface area contributed by atoms with E-state index in [0.29, 0.717) is 6.42 Å². The SMILES string of the molecule is CC1=[N+](CCCCCC(=O)Br)c2ccc3ccccc3c2C1(C)C. The zero-order valence-corrected chi connectivity index (χ0v) is 16.3. The third-order valence-electron chi connectivity index (χ3n) is 5.39. The third kappa shape index (κ3) is 3.06. The predicted octanol–water partition coefficient (Wildman–Crippen LogP) is 5.72. The molecule has 2 nitrogen and oxygen atoms in total. The molecule has 0 N–H and O–H groups in total. The summed E-state index contributed by atoms with van der Waals surface area (Å²) >= 11 is 3.01. The van der Waals surface area contributed by atoms with Crippen LogP contribution in [0.2, 0.25) is 0 Å². The van der Waals surface area contributed by atoms with Crippen LogP contribution in [0.15, 0.2) is 36.4 Å². The van der Waals surface area contributed by atoms with Gasteiger partial charge in [0.1, 0.15) is 6.54 Å². The summed E-state index contributed by atoms with van der Waals surface area (Å²) in [7, 11) is 0. The van der Waals surface area contributed by atoms with Gasteiger partial charge in [-0.1, -0.05) is 24.3 Å². The van der Waals surface area contributed by atoms with E-state index in [9.17, 15) is 4.79 Å². The molecule has 0 saturated carbocycles. The molecular formula is C21H25BrNO+. The summed E-state index contributed by atoms with van der Waals surface area (Å²) in [6.45, 7) is 7.95. The summed E-state index contributed by atoms with van der Waals surface area (Å²) in [4.78, 5) is 11.0. The maximum atomic E-state index is 11.0. The first kappa shape index (κ1) is 17.3. The number of carbonyl (C=O) groups is 1. The first-order chi connectivity index (χ1) is 11.4. The Hall–Kier alpha value is -1.48. The predicted molar refractivity (Wildman–Crippen MR) is 105 cm³/mol. The van der Waals surface area contributed by atoms with Crippen LogP contribution in [0.5, 0.6) is 0 Å². The second-order valence-corrected chi connectivity index (χ2v) is 8.09. The molecule has 3 rings (SSSR count). The van der Waals surface area contributed by atoms with Crippen molar-refractivity contribution in [2.45, 2.75) is 51.9 Å². The van der Waals surface area contributed by atoms with Gasteiger partial charge in [-0.3, -0.25) is 4.79 Å². The minimum Gasteiger partial charge on any atom is -0.287 e. The number of rotatable bonds is 6. The Morgan fingerprint density at radius 2 is 1.83 bits per heavy atom.